The van der Waals surface area contributed by atoms with Crippen LogP contribution in [0.4, 0.5) is 0 Å². The standard InChI is InChI=1S/C28H42N2O24/c1-7(35)29-13-18(40)23(11(5-33)45-21(13)43)49-26(50-23)16(30-8(2)36)20(42)24(12(6-34)48-26)51-28(52-24)22(44)25(17(39)10(4-32)47-28)53-27(54-25)19(41)15(38)14(37)9(3-31)46-27/h9-22,31-34,37-44H,3-6H2,1-2H3,(H,29,35)(H,30,36)/t9-,10-,11-,12-,13-,14-,15+,16-,17-,18-,19+,20-,21-,22+,23?,24?,25?,26?,27?,28?/m1/s1. The van der Waals surface area contributed by atoms with Crippen molar-refractivity contribution in [1.82, 2.24) is 10.6 Å². The highest BCUT2D eigenvalue weighted by Crippen LogP contribution is 2.62. The number of aliphatic hydroxyl groups is 12. The highest BCUT2D eigenvalue weighted by atomic mass is 17.1. The quantitative estimate of drug-likeness (QED) is 0.119. The number of carbonyl (C=O) groups excluding carboxylic acids is 2. The van der Waals surface area contributed by atoms with Gasteiger partial charge in [0, 0.05) is 13.8 Å². The van der Waals surface area contributed by atoms with Gasteiger partial charge in [0.05, 0.1) is 26.4 Å². The van der Waals surface area contributed by atoms with Crippen LogP contribution in [0.2, 0.25) is 0 Å². The van der Waals surface area contributed by atoms with Crippen molar-refractivity contribution < 1.29 is 118 Å². The van der Waals surface area contributed by atoms with Gasteiger partial charge in [-0.3, -0.25) is 38.0 Å². The van der Waals surface area contributed by atoms with Gasteiger partial charge < -0.3 is 90.9 Å². The third-order valence-corrected chi connectivity index (χ3v) is 10.4. The second-order valence-electron chi connectivity index (χ2n) is 13.8. The van der Waals surface area contributed by atoms with Gasteiger partial charge >= 0.3 is 17.9 Å². The molecule has 26 nitrogen and oxygen atoms in total. The highest BCUT2D eigenvalue weighted by molar-refractivity contribution is 5.74. The maximum Gasteiger partial charge on any atom is 0.322 e. The number of nitrogens with one attached hydrogen (secondary N) is 2. The maximum absolute atomic E-state index is 12.4. The Morgan fingerprint density at radius 3 is 1.59 bits per heavy atom. The first kappa shape index (κ1) is 40.3. The van der Waals surface area contributed by atoms with Crippen LogP contribution in [0, 0.1) is 0 Å². The number of hydrogen-bond donors (Lipinski definition) is 14. The van der Waals surface area contributed by atoms with E-state index >= 15 is 0 Å². The van der Waals surface area contributed by atoms with Crippen LogP contribution in [0.15, 0.2) is 0 Å². The Labute approximate surface area is 302 Å². The Bertz CT molecular complexity index is 1450. The number of hydrogen-bond acceptors (Lipinski definition) is 24. The van der Waals surface area contributed by atoms with E-state index in [9.17, 15) is 70.9 Å². The molecule has 0 unspecified atom stereocenters. The molecule has 0 aromatic heterocycles. The number of aliphatic hydroxyl groups excluding tert-OH is 12. The van der Waals surface area contributed by atoms with E-state index in [1.165, 1.54) is 0 Å². The van der Waals surface area contributed by atoms with Crippen LogP contribution < -0.4 is 10.6 Å². The first-order valence-electron chi connectivity index (χ1n) is 16.6. The van der Waals surface area contributed by atoms with Crippen LogP contribution in [0.25, 0.3) is 0 Å². The largest absolute Gasteiger partial charge is 0.394 e. The number of ether oxygens (including phenoxy) is 10. The van der Waals surface area contributed by atoms with Gasteiger partial charge in [-0.05, 0) is 0 Å². The second kappa shape index (κ2) is 13.3. The molecule has 0 radical (unpaired) electrons. The Balaban J connectivity index is 1.17. The third kappa shape index (κ3) is 5.28. The van der Waals surface area contributed by atoms with Gasteiger partial charge in [0.2, 0.25) is 29.2 Å². The second-order valence-corrected chi connectivity index (χ2v) is 13.8. The fraction of sp³-hybridized carbons (Fsp3) is 0.929. The fourth-order valence-corrected chi connectivity index (χ4v) is 7.87. The molecule has 0 aromatic carbocycles. The van der Waals surface area contributed by atoms with Crippen molar-refractivity contribution in [3.8, 4) is 0 Å². The van der Waals surface area contributed by atoms with E-state index in [1.807, 2.05) is 0 Å². The summed E-state index contributed by atoms with van der Waals surface area (Å²) in [5.41, 5.74) is 0. The maximum atomic E-state index is 12.4. The predicted octanol–water partition coefficient (Wildman–Crippen LogP) is -10.4. The molecule has 7 aliphatic heterocycles. The first-order chi connectivity index (χ1) is 25.3. The van der Waals surface area contributed by atoms with Crippen molar-refractivity contribution in [1.29, 1.82) is 0 Å². The molecule has 2 amide bonds. The molecule has 0 aromatic rings. The van der Waals surface area contributed by atoms with Crippen molar-refractivity contribution in [2.75, 3.05) is 26.4 Å². The van der Waals surface area contributed by atoms with Gasteiger partial charge in [-0.2, -0.15) is 0 Å². The SMILES string of the molecule is CC(=O)N[C@H]1[C@H](O)O[C@H](CO)C2(OC3(O[C@H](CO)C4(OC5(O[C@H](CO)[C@@H](O)C6(OC7(O[C@H](CO)[C@@H](O)[C@H](O)[C@@H]7O)O6)[C@@H]5O)O4)[C@H](O)[C@H]3NC(C)=O)O2)[C@@H]1O. The molecule has 0 saturated carbocycles. The van der Waals surface area contributed by atoms with E-state index in [1.54, 1.807) is 0 Å². The molecular weight excluding hydrogens is 748 g/mol. The topological polar surface area (TPSA) is 393 Å². The summed E-state index contributed by atoms with van der Waals surface area (Å²) in [6, 6.07) is -3.57. The van der Waals surface area contributed by atoms with Crippen molar-refractivity contribution >= 4 is 11.8 Å². The summed E-state index contributed by atoms with van der Waals surface area (Å²) >= 11 is 0. The lowest BCUT2D eigenvalue weighted by Crippen LogP contribution is -2.94. The number of rotatable bonds is 6. The minimum absolute atomic E-state index is 0.727. The third-order valence-electron chi connectivity index (χ3n) is 10.4. The van der Waals surface area contributed by atoms with Crippen LogP contribution in [-0.4, -0.2) is 220 Å². The lowest BCUT2D eigenvalue weighted by Gasteiger charge is -2.72. The van der Waals surface area contributed by atoms with Crippen molar-refractivity contribution in [3.05, 3.63) is 0 Å². The number of carbonyl (C=O) groups is 2. The summed E-state index contributed by atoms with van der Waals surface area (Å²) in [6.45, 7) is -2.02. The Kier molecular flexibility index (Phi) is 9.92. The molecule has 14 N–H and O–H groups in total. The van der Waals surface area contributed by atoms with Gasteiger partial charge in [0.15, 0.2) is 18.5 Å². The smallest absolute Gasteiger partial charge is 0.322 e. The lowest BCUT2D eigenvalue weighted by molar-refractivity contribution is -0.721. The molecule has 7 fully saturated rings. The van der Waals surface area contributed by atoms with Crippen molar-refractivity contribution in [3.63, 3.8) is 0 Å². The summed E-state index contributed by atoms with van der Waals surface area (Å²) in [4.78, 5) is 24.2. The molecule has 14 atom stereocenters. The van der Waals surface area contributed by atoms with E-state index in [-0.39, 0.29) is 0 Å². The minimum Gasteiger partial charge on any atom is -0.394 e. The van der Waals surface area contributed by atoms with Gasteiger partial charge in [-0.1, -0.05) is 0 Å². The van der Waals surface area contributed by atoms with E-state index in [0.29, 0.717) is 0 Å². The van der Waals surface area contributed by atoms with E-state index < -0.39 is 159 Å². The molecule has 26 heteroatoms. The summed E-state index contributed by atoms with van der Waals surface area (Å²) in [5.74, 6) is -17.9. The molecular formula is C28H42N2O24. The Hall–Kier alpha value is -1.94. The van der Waals surface area contributed by atoms with Gasteiger partial charge in [0.25, 0.3) is 0 Å². The zero-order valence-electron chi connectivity index (χ0n) is 28.2. The van der Waals surface area contributed by atoms with E-state index in [4.69, 9.17) is 47.4 Å². The summed E-state index contributed by atoms with van der Waals surface area (Å²) in [5, 5.41) is 132. The summed E-state index contributed by atoms with van der Waals surface area (Å²) < 4.78 is 56.8. The molecule has 54 heavy (non-hydrogen) atoms. The highest BCUT2D eigenvalue weighted by Gasteiger charge is 2.87. The zero-order chi connectivity index (χ0) is 39.6. The zero-order valence-corrected chi connectivity index (χ0v) is 28.2. The Morgan fingerprint density at radius 1 is 0.537 bits per heavy atom. The molecule has 0 aliphatic carbocycles. The van der Waals surface area contributed by atoms with Crippen LogP contribution in [0.1, 0.15) is 13.8 Å². The molecule has 7 aliphatic rings. The monoisotopic (exact) mass is 790 g/mol. The van der Waals surface area contributed by atoms with Gasteiger partial charge in [-0.25, -0.2) is 0 Å². The van der Waals surface area contributed by atoms with Crippen LogP contribution in [-0.2, 0) is 57.0 Å². The summed E-state index contributed by atoms with van der Waals surface area (Å²) in [6.07, 6.45) is -24.0. The Morgan fingerprint density at radius 2 is 1.06 bits per heavy atom. The average Bonchev–Trinajstić information content (AvgIpc) is 3.08. The predicted molar refractivity (Wildman–Crippen MR) is 154 cm³/mol. The molecule has 7 saturated heterocycles. The van der Waals surface area contributed by atoms with Crippen LogP contribution in [0.3, 0.4) is 0 Å². The molecule has 7 heterocycles. The molecule has 0 bridgehead atoms. The lowest BCUT2D eigenvalue weighted by atomic mass is 9.83. The fourth-order valence-electron chi connectivity index (χ4n) is 7.87. The molecule has 7 rings (SSSR count). The normalized spacial score (nSPS) is 56.5. The van der Waals surface area contributed by atoms with Gasteiger partial charge in [0.1, 0.15) is 67.0 Å². The van der Waals surface area contributed by atoms with E-state index in [2.05, 4.69) is 10.6 Å². The summed E-state index contributed by atoms with van der Waals surface area (Å²) in [7, 11) is 0. The van der Waals surface area contributed by atoms with Crippen molar-refractivity contribution in [2.45, 2.75) is 135 Å². The van der Waals surface area contributed by atoms with Crippen LogP contribution >= 0.6 is 0 Å². The molecule has 6 spiro atoms. The van der Waals surface area contributed by atoms with Crippen molar-refractivity contribution in [2.24, 2.45) is 0 Å². The first-order valence-corrected chi connectivity index (χ1v) is 16.6. The van der Waals surface area contributed by atoms with Gasteiger partial charge in [-0.15, -0.1) is 0 Å². The number of amides is 2. The molecule has 308 valence electrons. The van der Waals surface area contributed by atoms with Crippen LogP contribution in [0.5, 0.6) is 0 Å². The minimum atomic E-state index is -2.91. The van der Waals surface area contributed by atoms with E-state index in [0.717, 1.165) is 13.8 Å². The average molecular weight is 791 g/mol.